The first-order valence-electron chi connectivity index (χ1n) is 11.7. The molecule has 0 saturated carbocycles. The zero-order valence-electron chi connectivity index (χ0n) is 19.7. The van der Waals surface area contributed by atoms with Crippen LogP contribution in [0.5, 0.6) is 0 Å². The highest BCUT2D eigenvalue weighted by molar-refractivity contribution is 5.96. The summed E-state index contributed by atoms with van der Waals surface area (Å²) in [6.07, 6.45) is 4.69. The molecule has 1 unspecified atom stereocenters. The van der Waals surface area contributed by atoms with E-state index in [9.17, 15) is 4.79 Å². The molecule has 1 fully saturated rings. The molecule has 4 heterocycles. The molecule has 5 rings (SSSR count). The minimum absolute atomic E-state index is 0. The number of amides is 1. The molecule has 0 spiro atoms. The van der Waals surface area contributed by atoms with Crippen molar-refractivity contribution in [2.24, 2.45) is 0 Å². The van der Waals surface area contributed by atoms with E-state index >= 15 is 0 Å². The minimum atomic E-state index is -0.571. The van der Waals surface area contributed by atoms with Gasteiger partial charge in [0.1, 0.15) is 5.52 Å². The number of pyridine rings is 1. The quantitative estimate of drug-likeness (QED) is 0.401. The van der Waals surface area contributed by atoms with Crippen molar-refractivity contribution in [1.82, 2.24) is 29.8 Å². The first-order chi connectivity index (χ1) is 17.1. The number of ether oxygens (including phenoxy) is 2. The summed E-state index contributed by atoms with van der Waals surface area (Å²) in [6, 6.07) is 10.1. The van der Waals surface area contributed by atoms with Gasteiger partial charge in [-0.2, -0.15) is 0 Å². The Morgan fingerprint density at radius 2 is 1.94 bits per heavy atom. The summed E-state index contributed by atoms with van der Waals surface area (Å²) >= 11 is 0. The molecule has 1 amide bonds. The molecule has 10 heteroatoms. The third-order valence-corrected chi connectivity index (χ3v) is 6.03. The van der Waals surface area contributed by atoms with E-state index in [0.717, 1.165) is 54.2 Å². The summed E-state index contributed by atoms with van der Waals surface area (Å²) in [5.74, 6) is 0.833. The summed E-state index contributed by atoms with van der Waals surface area (Å²) in [5.41, 5.74) is 5.04. The number of hydrogen-bond acceptors (Lipinski definition) is 8. The van der Waals surface area contributed by atoms with Gasteiger partial charge in [-0.05, 0) is 43.7 Å². The Morgan fingerprint density at radius 1 is 1.17 bits per heavy atom. The largest absolute Gasteiger partial charge is 0.450 e. The fourth-order valence-electron chi connectivity index (χ4n) is 4.19. The maximum Gasteiger partial charge on any atom is 0.413 e. The van der Waals surface area contributed by atoms with E-state index in [2.05, 4.69) is 49.2 Å². The van der Waals surface area contributed by atoms with Gasteiger partial charge in [-0.3, -0.25) is 15.2 Å². The van der Waals surface area contributed by atoms with E-state index in [1.165, 1.54) is 0 Å². The Balaban J connectivity index is 0.00000304. The molecule has 10 nitrogen and oxygen atoms in total. The van der Waals surface area contributed by atoms with Crippen molar-refractivity contribution >= 4 is 23.1 Å². The summed E-state index contributed by atoms with van der Waals surface area (Å²) in [6.45, 7) is 7.51. The van der Waals surface area contributed by atoms with Crippen molar-refractivity contribution in [3.63, 3.8) is 0 Å². The van der Waals surface area contributed by atoms with E-state index in [0.29, 0.717) is 17.3 Å². The molecule has 0 aliphatic carbocycles. The number of H-pyrrole nitrogens is 1. The highest BCUT2D eigenvalue weighted by Crippen LogP contribution is 2.32. The lowest BCUT2D eigenvalue weighted by atomic mass is 10.0. The maximum atomic E-state index is 11.9. The first kappa shape index (κ1) is 25.2. The molecular weight excluding hydrogens is 458 g/mol. The molecule has 3 aromatic heterocycles. The first-order valence-corrected chi connectivity index (χ1v) is 11.7. The predicted molar refractivity (Wildman–Crippen MR) is 139 cm³/mol. The molecule has 36 heavy (non-hydrogen) atoms. The molecule has 188 valence electrons. The second-order valence-corrected chi connectivity index (χ2v) is 8.22. The monoisotopic (exact) mass is 489 g/mol. The minimum Gasteiger partial charge on any atom is -0.450 e. The maximum absolute atomic E-state index is 11.9. The van der Waals surface area contributed by atoms with E-state index < -0.39 is 6.09 Å². The number of anilines is 1. The number of fused-ring (bicyclic) bond motifs is 1. The topological polar surface area (TPSA) is 118 Å². The molecular formula is C26H31N7O3. The average Bonchev–Trinajstić information content (AvgIpc) is 3.31. The van der Waals surface area contributed by atoms with Gasteiger partial charge < -0.3 is 14.5 Å². The summed E-state index contributed by atoms with van der Waals surface area (Å²) in [5, 5.41) is 2.63. The van der Waals surface area contributed by atoms with Crippen LogP contribution in [0, 0.1) is 0 Å². The number of benzene rings is 1. The standard InChI is InChI=1S/C25H27N7O3.CH4/c1-3-35-25(33)31-24-29-21-14-18(13-19(22(21)30-24)23-26-7-4-8-27-23)17-5-6-20(28-15-17)16(2)32-9-11-34-12-10-32;/h4-8,13-16H,3,9-12H2,1-2H3,(H2,29,30,31,33);1H4. The number of carbonyl (C=O) groups is 1. The van der Waals surface area contributed by atoms with Gasteiger partial charge in [-0.25, -0.2) is 19.7 Å². The van der Waals surface area contributed by atoms with Gasteiger partial charge in [-0.1, -0.05) is 13.5 Å². The fraction of sp³-hybridized carbons (Fsp3) is 0.346. The number of imidazole rings is 1. The van der Waals surface area contributed by atoms with E-state index in [-0.39, 0.29) is 20.1 Å². The number of nitrogens with zero attached hydrogens (tertiary/aromatic N) is 5. The molecule has 1 saturated heterocycles. The van der Waals surface area contributed by atoms with Gasteiger partial charge in [0.25, 0.3) is 0 Å². The number of aromatic nitrogens is 5. The summed E-state index contributed by atoms with van der Waals surface area (Å²) in [4.78, 5) is 35.6. The number of morpholine rings is 1. The van der Waals surface area contributed by atoms with E-state index in [1.54, 1.807) is 25.4 Å². The molecule has 1 aliphatic heterocycles. The van der Waals surface area contributed by atoms with Crippen LogP contribution in [0.15, 0.2) is 48.9 Å². The van der Waals surface area contributed by atoms with Crippen LogP contribution in [0.4, 0.5) is 10.7 Å². The lowest BCUT2D eigenvalue weighted by molar-refractivity contribution is 0.0191. The zero-order valence-corrected chi connectivity index (χ0v) is 19.7. The Labute approximate surface area is 210 Å². The fourth-order valence-corrected chi connectivity index (χ4v) is 4.19. The van der Waals surface area contributed by atoms with Gasteiger partial charge in [0.15, 0.2) is 5.82 Å². The Bertz CT molecular complexity index is 1300. The van der Waals surface area contributed by atoms with Crippen molar-refractivity contribution in [2.75, 3.05) is 38.2 Å². The van der Waals surface area contributed by atoms with Crippen LogP contribution in [0.3, 0.4) is 0 Å². The van der Waals surface area contributed by atoms with Gasteiger partial charge >= 0.3 is 6.09 Å². The van der Waals surface area contributed by atoms with E-state index in [1.807, 2.05) is 18.3 Å². The van der Waals surface area contributed by atoms with Crippen LogP contribution >= 0.6 is 0 Å². The second-order valence-electron chi connectivity index (χ2n) is 8.22. The summed E-state index contributed by atoms with van der Waals surface area (Å²) < 4.78 is 10.4. The smallest absolute Gasteiger partial charge is 0.413 e. The van der Waals surface area contributed by atoms with Gasteiger partial charge in [0, 0.05) is 48.8 Å². The third kappa shape index (κ3) is 5.34. The Morgan fingerprint density at radius 3 is 2.64 bits per heavy atom. The molecule has 1 aromatic carbocycles. The van der Waals surface area contributed by atoms with Crippen LogP contribution in [0.2, 0.25) is 0 Å². The van der Waals surface area contributed by atoms with Crippen LogP contribution in [0.1, 0.15) is 33.0 Å². The van der Waals surface area contributed by atoms with Crippen LogP contribution in [0.25, 0.3) is 33.5 Å². The lowest BCUT2D eigenvalue weighted by Gasteiger charge is -2.31. The average molecular weight is 490 g/mol. The molecule has 1 aliphatic rings. The van der Waals surface area contributed by atoms with Crippen molar-refractivity contribution in [3.05, 3.63) is 54.6 Å². The van der Waals surface area contributed by atoms with Crippen molar-refractivity contribution in [3.8, 4) is 22.5 Å². The Kier molecular flexibility index (Phi) is 7.87. The molecule has 4 aromatic rings. The molecule has 2 N–H and O–H groups in total. The molecule has 1 atom stereocenters. The van der Waals surface area contributed by atoms with Gasteiger partial charge in [0.2, 0.25) is 5.95 Å². The highest BCUT2D eigenvalue weighted by atomic mass is 16.5. The number of rotatable bonds is 6. The van der Waals surface area contributed by atoms with E-state index in [4.69, 9.17) is 14.5 Å². The Hall–Kier alpha value is -3.89. The van der Waals surface area contributed by atoms with Crippen LogP contribution < -0.4 is 5.32 Å². The highest BCUT2D eigenvalue weighted by Gasteiger charge is 2.20. The van der Waals surface area contributed by atoms with Gasteiger partial charge in [0.05, 0.1) is 31.0 Å². The molecule has 0 radical (unpaired) electrons. The predicted octanol–water partition coefficient (Wildman–Crippen LogP) is 4.68. The number of aromatic amines is 1. The SMILES string of the molecule is C.CCOC(=O)Nc1nc2c(-c3ncccn3)cc(-c3ccc(C(C)N4CCOCC4)nc3)cc2[nH]1. The summed E-state index contributed by atoms with van der Waals surface area (Å²) in [7, 11) is 0. The van der Waals surface area contributed by atoms with Crippen molar-refractivity contribution in [2.45, 2.75) is 27.3 Å². The van der Waals surface area contributed by atoms with Crippen molar-refractivity contribution < 1.29 is 14.3 Å². The second kappa shape index (κ2) is 11.2. The van der Waals surface area contributed by atoms with Crippen LogP contribution in [-0.4, -0.2) is 68.8 Å². The number of carbonyl (C=O) groups excluding carboxylic acids is 1. The normalized spacial score (nSPS) is 14.7. The third-order valence-electron chi connectivity index (χ3n) is 6.03. The zero-order chi connectivity index (χ0) is 24.2. The number of nitrogens with one attached hydrogen (secondary N) is 2. The molecule has 0 bridgehead atoms. The lowest BCUT2D eigenvalue weighted by Crippen LogP contribution is -2.38. The van der Waals surface area contributed by atoms with Crippen molar-refractivity contribution in [1.29, 1.82) is 0 Å². The number of hydrogen-bond donors (Lipinski definition) is 2. The van der Waals surface area contributed by atoms with Gasteiger partial charge in [-0.15, -0.1) is 0 Å². The van der Waals surface area contributed by atoms with Crippen LogP contribution in [-0.2, 0) is 9.47 Å².